The van der Waals surface area contributed by atoms with Crippen molar-refractivity contribution in [2.45, 2.75) is 78.6 Å². The van der Waals surface area contributed by atoms with Gasteiger partial charge in [0, 0.05) is 0 Å². The van der Waals surface area contributed by atoms with Gasteiger partial charge < -0.3 is 0 Å². The first-order valence-electron chi connectivity index (χ1n) is 7.41. The molecule has 0 aliphatic carbocycles. The summed E-state index contributed by atoms with van der Waals surface area (Å²) in [5, 5.41) is 0. The zero-order chi connectivity index (χ0) is 17.2. The molecule has 0 saturated heterocycles. The third kappa shape index (κ3) is 11.2. The molecule has 120 valence electrons. The Morgan fingerprint density at radius 2 is 0.500 bits per heavy atom. The Balaban J connectivity index is 0. The van der Waals surface area contributed by atoms with Crippen LogP contribution in [0.5, 0.6) is 0 Å². The summed E-state index contributed by atoms with van der Waals surface area (Å²) in [5.41, 5.74) is 0. The molecule has 0 fully saturated rings. The summed E-state index contributed by atoms with van der Waals surface area (Å²) in [7, 11) is -3.71. The molecule has 0 saturated carbocycles. The predicted octanol–water partition coefficient (Wildman–Crippen LogP) is 3.55. The molecule has 0 heterocycles. The van der Waals surface area contributed by atoms with Gasteiger partial charge in [-0.15, -0.1) is 0 Å². The third-order valence-electron chi connectivity index (χ3n) is 2.89. The average molecular weight is 737 g/mol. The van der Waals surface area contributed by atoms with Crippen molar-refractivity contribution < 1.29 is 0 Å². The van der Waals surface area contributed by atoms with Gasteiger partial charge in [-0.05, 0) is 0 Å². The van der Waals surface area contributed by atoms with Gasteiger partial charge in [-0.1, -0.05) is 0 Å². The van der Waals surface area contributed by atoms with Gasteiger partial charge in [-0.3, -0.25) is 0 Å². The van der Waals surface area contributed by atoms with Crippen molar-refractivity contribution in [2.24, 2.45) is 0 Å². The summed E-state index contributed by atoms with van der Waals surface area (Å²) in [6.45, 7) is 29.4. The van der Waals surface area contributed by atoms with Crippen LogP contribution in [0.4, 0.5) is 0 Å². The first-order chi connectivity index (χ1) is 8.31. The zero-order valence-corrected chi connectivity index (χ0v) is 29.0. The van der Waals surface area contributed by atoms with E-state index in [-0.39, 0.29) is 0 Å². The second-order valence-electron chi connectivity index (χ2n) is 9.42. The zero-order valence-electron chi connectivity index (χ0n) is 16.0. The monoisotopic (exact) mass is 738 g/mol. The molecule has 20 heavy (non-hydrogen) atoms. The van der Waals surface area contributed by atoms with E-state index in [1.807, 2.05) is 0 Å². The molecule has 0 aliphatic heterocycles. The molecule has 0 aromatic heterocycles. The van der Waals surface area contributed by atoms with Crippen LogP contribution in [0, 0.1) is 0 Å². The second kappa shape index (κ2) is 8.65. The van der Waals surface area contributed by atoms with Crippen molar-refractivity contribution in [2.75, 3.05) is 0 Å². The summed E-state index contributed by atoms with van der Waals surface area (Å²) in [5.74, 6) is 0. The van der Waals surface area contributed by atoms with E-state index in [2.05, 4.69) is 82.6 Å². The molecule has 4 radical (unpaired) electrons. The van der Waals surface area contributed by atoms with Crippen LogP contribution in [-0.4, -0.2) is 89.2 Å². The Bertz CT molecular complexity index is 230. The van der Waals surface area contributed by atoms with Crippen LogP contribution in [0.25, 0.3) is 0 Å². The number of hydrogen-bond acceptors (Lipinski definition) is 2. The fourth-order valence-electron chi connectivity index (χ4n) is 2.01. The summed E-state index contributed by atoms with van der Waals surface area (Å²) in [6, 6.07) is 0. The van der Waals surface area contributed by atoms with Crippen LogP contribution in [0.3, 0.4) is 0 Å². The third-order valence-corrected chi connectivity index (χ3v) is 52.9. The summed E-state index contributed by atoms with van der Waals surface area (Å²) in [4.78, 5) is 0. The minimum absolute atomic E-state index is 0.927. The Morgan fingerprint density at radius 3 is 0.500 bits per heavy atom. The van der Waals surface area contributed by atoms with Crippen molar-refractivity contribution in [1.29, 1.82) is 0 Å². The molecule has 0 spiro atoms. The Kier molecular flexibility index (Phi) is 10.8. The van der Waals surface area contributed by atoms with Gasteiger partial charge in [0.2, 0.25) is 0 Å². The van der Waals surface area contributed by atoms with E-state index in [9.17, 15) is 0 Å². The SMILES string of the molecule is C[Si](C)(C)[N]([PbH])[Si](C)(C)C.C[Si](C)(C)[N]([PbH])[Si](C)(C)C. The Labute approximate surface area is 166 Å². The van der Waals surface area contributed by atoms with Crippen molar-refractivity contribution in [3.8, 4) is 0 Å². The molecule has 0 rings (SSSR count). The van der Waals surface area contributed by atoms with Crippen LogP contribution in [0.15, 0.2) is 0 Å². The van der Waals surface area contributed by atoms with E-state index < -0.39 is 32.9 Å². The molecule has 0 aromatic rings. The van der Waals surface area contributed by atoms with Gasteiger partial charge in [0.1, 0.15) is 0 Å². The maximum absolute atomic E-state index is 2.82. The molecule has 2 nitrogen and oxygen atoms in total. The summed E-state index contributed by atoms with van der Waals surface area (Å²) >= 11 is 2.12. The average Bonchev–Trinajstić information content (AvgIpc) is 2.10. The first-order valence-corrected chi connectivity index (χ1v) is 25.2. The normalized spacial score (nSPS) is 14.4. The van der Waals surface area contributed by atoms with Crippen LogP contribution in [-0.2, 0) is 0 Å². The van der Waals surface area contributed by atoms with Crippen molar-refractivity contribution in [3.05, 3.63) is 0 Å². The van der Waals surface area contributed by atoms with E-state index >= 15 is 0 Å². The molecule has 8 heteroatoms. The van der Waals surface area contributed by atoms with E-state index in [0.717, 1.165) is 52.1 Å². The Hall–Kier alpha value is 2.63. The molecule has 0 N–H and O–H groups in total. The molecular formula is C12H38N2Pb2Si4. The molecule has 0 unspecified atom stereocenters. The number of rotatable bonds is 4. The van der Waals surface area contributed by atoms with Gasteiger partial charge in [0.25, 0.3) is 0 Å². The summed E-state index contributed by atoms with van der Waals surface area (Å²) in [6.07, 6.45) is 0. The second-order valence-corrected chi connectivity index (χ2v) is 41.7. The first kappa shape index (κ1) is 24.9. The van der Waals surface area contributed by atoms with Gasteiger partial charge in [0.15, 0.2) is 0 Å². The quantitative estimate of drug-likeness (QED) is 0.408. The van der Waals surface area contributed by atoms with Crippen LogP contribution >= 0.6 is 0 Å². The predicted molar refractivity (Wildman–Crippen MR) is 111 cm³/mol. The van der Waals surface area contributed by atoms with Crippen LogP contribution in [0.1, 0.15) is 0 Å². The number of hydrogen-bond donors (Lipinski definition) is 0. The topological polar surface area (TPSA) is 6.48 Å². The molecule has 0 amide bonds. The van der Waals surface area contributed by atoms with Crippen LogP contribution in [0.2, 0.25) is 78.6 Å². The van der Waals surface area contributed by atoms with Crippen LogP contribution < -0.4 is 0 Å². The minimum atomic E-state index is -0.927. The molecule has 0 atom stereocenters. The van der Waals surface area contributed by atoms with Gasteiger partial charge in [-0.25, -0.2) is 0 Å². The van der Waals surface area contributed by atoms with E-state index in [4.69, 9.17) is 0 Å². The molecule has 0 aliphatic rings. The van der Waals surface area contributed by atoms with Crippen molar-refractivity contribution in [3.63, 3.8) is 0 Å². The van der Waals surface area contributed by atoms with E-state index in [1.165, 1.54) is 0 Å². The molecule has 0 bridgehead atoms. The maximum atomic E-state index is 2.82. The van der Waals surface area contributed by atoms with Crippen molar-refractivity contribution in [1.82, 2.24) is 4.08 Å². The van der Waals surface area contributed by atoms with Gasteiger partial charge >= 0.3 is 168 Å². The van der Waals surface area contributed by atoms with Gasteiger partial charge in [-0.2, -0.15) is 0 Å². The molecular weight excluding hydrogens is 699 g/mol. The fraction of sp³-hybridized carbons (Fsp3) is 1.00. The molecule has 0 aromatic carbocycles. The Morgan fingerprint density at radius 1 is 0.400 bits per heavy atom. The van der Waals surface area contributed by atoms with Gasteiger partial charge in [0.05, 0.1) is 0 Å². The fourth-order valence-corrected chi connectivity index (χ4v) is 18.1. The number of nitrogens with zero attached hydrogens (tertiary/aromatic N) is 2. The summed E-state index contributed by atoms with van der Waals surface area (Å²) < 4.78 is 5.64. The van der Waals surface area contributed by atoms with Crippen molar-refractivity contribution >= 4 is 85.1 Å². The van der Waals surface area contributed by atoms with E-state index in [0.29, 0.717) is 0 Å². The van der Waals surface area contributed by atoms with E-state index in [1.54, 1.807) is 0 Å². The standard InChI is InChI=1S/2C6H18NSi2.2Pb.2H/c2*1-8(2,3)7-9(4,5)6;;;;/h2*1-6H3;;;;/q2*-1;2*+1;;.